The number of H-pyrrole nitrogens is 1. The van der Waals surface area contributed by atoms with Crippen molar-refractivity contribution >= 4 is 0 Å². The molecule has 0 radical (unpaired) electrons. The van der Waals surface area contributed by atoms with Gasteiger partial charge >= 0.3 is 0 Å². The van der Waals surface area contributed by atoms with Gasteiger partial charge in [-0.3, -0.25) is 4.79 Å². The van der Waals surface area contributed by atoms with E-state index in [1.165, 1.54) is 0 Å². The molecular weight excluding hydrogens is 264 g/mol. The van der Waals surface area contributed by atoms with Gasteiger partial charge in [0.05, 0.1) is 5.69 Å². The number of rotatable bonds is 4. The predicted octanol–water partition coefficient (Wildman–Crippen LogP) is 3.47. The van der Waals surface area contributed by atoms with Crippen LogP contribution in [0.5, 0.6) is 0 Å². The van der Waals surface area contributed by atoms with E-state index in [0.29, 0.717) is 12.0 Å². The molecule has 1 aromatic rings. The number of aromatic nitrogens is 2. The maximum atomic E-state index is 12.2. The quantitative estimate of drug-likeness (QED) is 0.924. The zero-order chi connectivity index (χ0) is 15.7. The van der Waals surface area contributed by atoms with E-state index in [-0.39, 0.29) is 5.56 Å². The smallest absolute Gasteiger partial charge is 0.254 e. The minimum absolute atomic E-state index is 0.0271. The van der Waals surface area contributed by atoms with Crippen LogP contribution in [0.2, 0.25) is 0 Å². The minimum Gasteiger partial charge on any atom is -0.367 e. The molecule has 0 saturated heterocycles. The third-order valence-corrected chi connectivity index (χ3v) is 4.85. The maximum Gasteiger partial charge on any atom is 0.254 e. The highest BCUT2D eigenvalue weighted by atomic mass is 16.5. The van der Waals surface area contributed by atoms with Gasteiger partial charge in [-0.25, -0.2) is 4.98 Å². The van der Waals surface area contributed by atoms with Crippen LogP contribution in [0, 0.1) is 12.3 Å². The predicted molar refractivity (Wildman–Crippen MR) is 84.5 cm³/mol. The van der Waals surface area contributed by atoms with Crippen molar-refractivity contribution in [2.75, 3.05) is 6.61 Å². The largest absolute Gasteiger partial charge is 0.367 e. The van der Waals surface area contributed by atoms with E-state index in [2.05, 4.69) is 18.8 Å². The number of aromatic amines is 1. The van der Waals surface area contributed by atoms with Gasteiger partial charge in [0.2, 0.25) is 0 Å². The van der Waals surface area contributed by atoms with Gasteiger partial charge in [0.25, 0.3) is 5.56 Å². The van der Waals surface area contributed by atoms with Crippen molar-refractivity contribution in [3.8, 4) is 0 Å². The van der Waals surface area contributed by atoms with Crippen molar-refractivity contribution in [2.24, 2.45) is 5.41 Å². The molecule has 21 heavy (non-hydrogen) atoms. The Hall–Kier alpha value is -1.16. The average molecular weight is 292 g/mol. The number of nitrogens with one attached hydrogen (secondary N) is 1. The number of aryl methyl sites for hydroxylation is 1. The van der Waals surface area contributed by atoms with Crippen LogP contribution in [-0.2, 0) is 16.8 Å². The van der Waals surface area contributed by atoms with Gasteiger partial charge in [0.15, 0.2) is 0 Å². The molecule has 118 valence electrons. The Balaban J connectivity index is 2.44. The molecular formula is C17H28N2O2. The molecule has 1 saturated carbocycles. The summed E-state index contributed by atoms with van der Waals surface area (Å²) < 4.78 is 6.11. The first-order chi connectivity index (χ1) is 9.83. The fourth-order valence-electron chi connectivity index (χ4n) is 3.20. The number of nitrogens with zero attached hydrogens (tertiary/aromatic N) is 1. The Morgan fingerprint density at radius 1 is 1.19 bits per heavy atom. The second-order valence-corrected chi connectivity index (χ2v) is 6.93. The Morgan fingerprint density at radius 2 is 1.81 bits per heavy atom. The van der Waals surface area contributed by atoms with Gasteiger partial charge in [0.1, 0.15) is 11.4 Å². The van der Waals surface area contributed by atoms with E-state index in [1.807, 2.05) is 20.8 Å². The van der Waals surface area contributed by atoms with Crippen molar-refractivity contribution in [1.29, 1.82) is 0 Å². The fraction of sp³-hybridized carbons (Fsp3) is 0.765. The topological polar surface area (TPSA) is 55.0 Å². The molecule has 0 aliphatic heterocycles. The highest BCUT2D eigenvalue weighted by Gasteiger charge is 2.42. The molecule has 0 bridgehead atoms. The lowest BCUT2D eigenvalue weighted by Gasteiger charge is -2.42. The second-order valence-electron chi connectivity index (χ2n) is 6.93. The lowest BCUT2D eigenvalue weighted by atomic mass is 9.70. The van der Waals surface area contributed by atoms with Crippen LogP contribution < -0.4 is 5.56 Å². The Bertz CT molecular complexity index is 550. The van der Waals surface area contributed by atoms with Crippen LogP contribution in [0.25, 0.3) is 0 Å². The summed E-state index contributed by atoms with van der Waals surface area (Å²) >= 11 is 0. The van der Waals surface area contributed by atoms with Gasteiger partial charge in [-0.2, -0.15) is 0 Å². The zero-order valence-corrected chi connectivity index (χ0v) is 14.0. The van der Waals surface area contributed by atoms with Crippen LogP contribution in [0.15, 0.2) is 4.79 Å². The van der Waals surface area contributed by atoms with Gasteiger partial charge in [-0.05, 0) is 51.4 Å². The van der Waals surface area contributed by atoms with E-state index in [4.69, 9.17) is 9.72 Å². The van der Waals surface area contributed by atoms with Gasteiger partial charge in [0, 0.05) is 12.2 Å². The third-order valence-electron chi connectivity index (χ3n) is 4.85. The van der Waals surface area contributed by atoms with E-state index >= 15 is 0 Å². The first kappa shape index (κ1) is 16.2. The van der Waals surface area contributed by atoms with Crippen LogP contribution in [0.4, 0.5) is 0 Å². The number of hydrogen-bond acceptors (Lipinski definition) is 3. The molecule has 1 aromatic heterocycles. The highest BCUT2D eigenvalue weighted by Crippen LogP contribution is 2.46. The maximum absolute atomic E-state index is 12.2. The molecule has 0 aromatic carbocycles. The van der Waals surface area contributed by atoms with E-state index in [0.717, 1.165) is 49.2 Å². The van der Waals surface area contributed by atoms with E-state index in [9.17, 15) is 4.79 Å². The SMILES string of the molecule is CCOC1(c2nc(CC)c(C)c(=O)[nH]2)CCC(C)(C)CC1. The highest BCUT2D eigenvalue weighted by molar-refractivity contribution is 5.19. The van der Waals surface area contributed by atoms with Gasteiger partial charge in [-0.15, -0.1) is 0 Å². The first-order valence-electron chi connectivity index (χ1n) is 8.08. The summed E-state index contributed by atoms with van der Waals surface area (Å²) in [6, 6.07) is 0. The molecule has 0 spiro atoms. The van der Waals surface area contributed by atoms with E-state index < -0.39 is 5.60 Å². The van der Waals surface area contributed by atoms with E-state index in [1.54, 1.807) is 0 Å². The van der Waals surface area contributed by atoms with Crippen molar-refractivity contribution in [2.45, 2.75) is 72.3 Å². The van der Waals surface area contributed by atoms with Crippen LogP contribution in [0.1, 0.15) is 70.5 Å². The fourth-order valence-corrected chi connectivity index (χ4v) is 3.20. The lowest BCUT2D eigenvalue weighted by Crippen LogP contribution is -2.40. The molecule has 4 heteroatoms. The Labute approximate surface area is 127 Å². The normalized spacial score (nSPS) is 20.4. The molecule has 1 fully saturated rings. The molecule has 0 amide bonds. The summed E-state index contributed by atoms with van der Waals surface area (Å²) in [5, 5.41) is 0. The third kappa shape index (κ3) is 3.20. The molecule has 2 rings (SSSR count). The monoisotopic (exact) mass is 292 g/mol. The summed E-state index contributed by atoms with van der Waals surface area (Å²) in [4.78, 5) is 19.9. The molecule has 0 atom stereocenters. The average Bonchev–Trinajstić information content (AvgIpc) is 2.44. The zero-order valence-electron chi connectivity index (χ0n) is 14.0. The molecule has 1 heterocycles. The van der Waals surface area contributed by atoms with Crippen LogP contribution in [0.3, 0.4) is 0 Å². The Kier molecular flexibility index (Phi) is 4.57. The first-order valence-corrected chi connectivity index (χ1v) is 8.08. The summed E-state index contributed by atoms with van der Waals surface area (Å²) in [6.07, 6.45) is 4.79. The summed E-state index contributed by atoms with van der Waals surface area (Å²) in [5.74, 6) is 0.729. The van der Waals surface area contributed by atoms with Crippen molar-refractivity contribution in [3.05, 3.63) is 27.4 Å². The summed E-state index contributed by atoms with van der Waals surface area (Å²) in [6.45, 7) is 11.1. The molecule has 0 unspecified atom stereocenters. The number of hydrogen-bond donors (Lipinski definition) is 1. The van der Waals surface area contributed by atoms with Gasteiger partial charge in [-0.1, -0.05) is 20.8 Å². The standard InChI is InChI=1S/C17H28N2O2/c1-6-13-12(3)14(20)19-15(18-13)17(21-7-2)10-8-16(4,5)9-11-17/h6-11H2,1-5H3,(H,18,19,20). The lowest BCUT2D eigenvalue weighted by molar-refractivity contribution is -0.0950. The second kappa shape index (κ2) is 5.91. The van der Waals surface area contributed by atoms with Crippen LogP contribution in [-0.4, -0.2) is 16.6 Å². The van der Waals surface area contributed by atoms with Crippen molar-refractivity contribution < 1.29 is 4.74 Å². The van der Waals surface area contributed by atoms with Gasteiger partial charge < -0.3 is 9.72 Å². The summed E-state index contributed by atoms with van der Waals surface area (Å²) in [5.41, 5.74) is 1.52. The molecule has 1 N–H and O–H groups in total. The minimum atomic E-state index is -0.416. The summed E-state index contributed by atoms with van der Waals surface area (Å²) in [7, 11) is 0. The number of ether oxygens (including phenoxy) is 1. The molecule has 1 aliphatic carbocycles. The molecule has 1 aliphatic rings. The van der Waals surface area contributed by atoms with Crippen LogP contribution >= 0.6 is 0 Å². The Morgan fingerprint density at radius 3 is 2.33 bits per heavy atom. The van der Waals surface area contributed by atoms with Crippen molar-refractivity contribution in [3.63, 3.8) is 0 Å². The van der Waals surface area contributed by atoms with Crippen molar-refractivity contribution in [1.82, 2.24) is 9.97 Å². The molecule has 4 nitrogen and oxygen atoms in total.